The van der Waals surface area contributed by atoms with E-state index in [1.165, 1.54) is 0 Å². The van der Waals surface area contributed by atoms with E-state index in [9.17, 15) is 4.79 Å². The number of carbonyl (C=O) groups is 1. The summed E-state index contributed by atoms with van der Waals surface area (Å²) in [5, 5.41) is 11.4. The second-order valence-electron chi connectivity index (χ2n) is 2.52. The topological polar surface area (TPSA) is 75.4 Å². The van der Waals surface area contributed by atoms with Crippen LogP contribution >= 0.6 is 0 Å². The molecule has 0 aromatic rings. The minimum Gasteiger partial charge on any atom is -0.377 e. The molecule has 4 heteroatoms. The normalized spacial score (nSPS) is 15.5. The highest BCUT2D eigenvalue weighted by molar-refractivity contribution is 5.46. The fourth-order valence-electron chi connectivity index (χ4n) is 0.864. The third kappa shape index (κ3) is 4.75. The van der Waals surface area contributed by atoms with Crippen molar-refractivity contribution in [2.24, 2.45) is 5.73 Å². The van der Waals surface area contributed by atoms with E-state index in [4.69, 9.17) is 10.8 Å². The maximum absolute atomic E-state index is 10.0. The second-order valence-corrected chi connectivity index (χ2v) is 2.52. The van der Waals surface area contributed by atoms with Crippen LogP contribution in [0.25, 0.3) is 0 Å². The Kier molecular flexibility index (Phi) is 5.78. The summed E-state index contributed by atoms with van der Waals surface area (Å²) >= 11 is 0. The summed E-state index contributed by atoms with van der Waals surface area (Å²) in [7, 11) is 0. The molecule has 66 valence electrons. The molecule has 0 aliphatic heterocycles. The van der Waals surface area contributed by atoms with Crippen LogP contribution in [0.4, 0.5) is 0 Å². The van der Waals surface area contributed by atoms with Gasteiger partial charge in [0, 0.05) is 0 Å². The summed E-state index contributed by atoms with van der Waals surface area (Å²) in [6.07, 6.45) is 2.33. The highest BCUT2D eigenvalue weighted by Gasteiger charge is 2.12. The molecule has 0 saturated carbocycles. The first-order chi connectivity index (χ1) is 5.22. The van der Waals surface area contributed by atoms with Crippen molar-refractivity contribution in [1.29, 1.82) is 0 Å². The molecule has 0 bridgehead atoms. The van der Waals surface area contributed by atoms with Gasteiger partial charge < -0.3 is 16.2 Å². The molecule has 0 rings (SSSR count). The van der Waals surface area contributed by atoms with E-state index in [0.29, 0.717) is 6.41 Å². The molecule has 0 aromatic carbocycles. The lowest BCUT2D eigenvalue weighted by molar-refractivity contribution is -0.111. The predicted molar refractivity (Wildman–Crippen MR) is 42.7 cm³/mol. The second kappa shape index (κ2) is 6.12. The third-order valence-electron chi connectivity index (χ3n) is 1.56. The average molecular weight is 160 g/mol. The average Bonchev–Trinajstić information content (AvgIpc) is 1.97. The van der Waals surface area contributed by atoms with Crippen LogP contribution in [0.5, 0.6) is 0 Å². The Balaban J connectivity index is 3.59. The summed E-state index contributed by atoms with van der Waals surface area (Å²) < 4.78 is 0. The van der Waals surface area contributed by atoms with Gasteiger partial charge in [-0.15, -0.1) is 0 Å². The van der Waals surface area contributed by atoms with E-state index in [1.807, 2.05) is 6.92 Å². The number of aliphatic hydroxyl groups is 1. The van der Waals surface area contributed by atoms with Crippen LogP contribution < -0.4 is 11.1 Å². The molecular formula is C7H16N2O2. The maximum Gasteiger partial charge on any atom is 0.207 e. The predicted octanol–water partition coefficient (Wildman–Crippen LogP) is -0.432. The van der Waals surface area contributed by atoms with Gasteiger partial charge in [-0.3, -0.25) is 4.79 Å². The van der Waals surface area contributed by atoms with E-state index >= 15 is 0 Å². The number of aliphatic hydroxyl groups excluding tert-OH is 1. The summed E-state index contributed by atoms with van der Waals surface area (Å²) in [5.74, 6) is 0. The largest absolute Gasteiger partial charge is 0.377 e. The number of amides is 1. The van der Waals surface area contributed by atoms with Crippen LogP contribution in [0.1, 0.15) is 26.2 Å². The van der Waals surface area contributed by atoms with Crippen molar-refractivity contribution in [3.8, 4) is 0 Å². The molecule has 4 nitrogen and oxygen atoms in total. The molecule has 0 radical (unpaired) electrons. The van der Waals surface area contributed by atoms with Crippen LogP contribution in [-0.2, 0) is 4.79 Å². The number of rotatable bonds is 6. The van der Waals surface area contributed by atoms with Crippen molar-refractivity contribution < 1.29 is 9.90 Å². The van der Waals surface area contributed by atoms with E-state index in [-0.39, 0.29) is 6.04 Å². The number of hydrogen-bond acceptors (Lipinski definition) is 3. The zero-order valence-electron chi connectivity index (χ0n) is 6.79. The quantitative estimate of drug-likeness (QED) is 0.364. The zero-order chi connectivity index (χ0) is 8.69. The Morgan fingerprint density at radius 1 is 1.73 bits per heavy atom. The third-order valence-corrected chi connectivity index (χ3v) is 1.56. The van der Waals surface area contributed by atoms with Gasteiger partial charge in [0.1, 0.15) is 6.23 Å². The van der Waals surface area contributed by atoms with Crippen molar-refractivity contribution in [2.75, 3.05) is 0 Å². The first kappa shape index (κ1) is 10.4. The van der Waals surface area contributed by atoms with Gasteiger partial charge in [-0.2, -0.15) is 0 Å². The molecule has 0 aliphatic carbocycles. The summed E-state index contributed by atoms with van der Waals surface area (Å²) in [6, 6.07) is -0.299. The molecule has 4 N–H and O–H groups in total. The molecule has 1 amide bonds. The molecule has 0 spiro atoms. The Morgan fingerprint density at radius 3 is 2.73 bits per heavy atom. The molecule has 0 fully saturated rings. The highest BCUT2D eigenvalue weighted by Crippen LogP contribution is 2.01. The zero-order valence-corrected chi connectivity index (χ0v) is 6.79. The van der Waals surface area contributed by atoms with Crippen LogP contribution in [0.15, 0.2) is 0 Å². The Labute approximate surface area is 66.8 Å². The summed E-state index contributed by atoms with van der Waals surface area (Å²) in [6.45, 7) is 2.04. The Bertz CT molecular complexity index is 107. The van der Waals surface area contributed by atoms with E-state index < -0.39 is 6.23 Å². The number of nitrogens with one attached hydrogen (secondary N) is 1. The number of hydrogen-bond donors (Lipinski definition) is 3. The van der Waals surface area contributed by atoms with Gasteiger partial charge in [-0.25, -0.2) is 0 Å². The van der Waals surface area contributed by atoms with Crippen LogP contribution in [0, 0.1) is 0 Å². The maximum atomic E-state index is 10.0. The number of unbranched alkanes of at least 4 members (excludes halogenated alkanes) is 1. The molecule has 11 heavy (non-hydrogen) atoms. The van der Waals surface area contributed by atoms with Gasteiger partial charge in [0.15, 0.2) is 0 Å². The monoisotopic (exact) mass is 160 g/mol. The van der Waals surface area contributed by atoms with Gasteiger partial charge in [-0.1, -0.05) is 19.8 Å². The van der Waals surface area contributed by atoms with Gasteiger partial charge in [0.05, 0.1) is 6.04 Å². The molecule has 1 unspecified atom stereocenters. The van der Waals surface area contributed by atoms with Crippen LogP contribution in [0.2, 0.25) is 0 Å². The lowest BCUT2D eigenvalue weighted by Crippen LogP contribution is -2.44. The van der Waals surface area contributed by atoms with Crippen molar-refractivity contribution in [3.63, 3.8) is 0 Å². The van der Waals surface area contributed by atoms with E-state index in [1.54, 1.807) is 0 Å². The smallest absolute Gasteiger partial charge is 0.207 e. The van der Waals surface area contributed by atoms with Gasteiger partial charge in [0.25, 0.3) is 0 Å². The van der Waals surface area contributed by atoms with Gasteiger partial charge in [-0.05, 0) is 6.42 Å². The Hall–Kier alpha value is -0.610. The molecule has 0 saturated heterocycles. The van der Waals surface area contributed by atoms with Crippen molar-refractivity contribution in [3.05, 3.63) is 0 Å². The fraction of sp³-hybridized carbons (Fsp3) is 0.857. The molecule has 0 aliphatic rings. The van der Waals surface area contributed by atoms with E-state index in [0.717, 1.165) is 19.3 Å². The van der Waals surface area contributed by atoms with Crippen LogP contribution in [0.3, 0.4) is 0 Å². The van der Waals surface area contributed by atoms with Gasteiger partial charge in [0.2, 0.25) is 6.41 Å². The van der Waals surface area contributed by atoms with Crippen LogP contribution in [-0.4, -0.2) is 23.8 Å². The minimum atomic E-state index is -0.952. The SMILES string of the molecule is CCCC[C@H](NC=O)C(N)O. The summed E-state index contributed by atoms with van der Waals surface area (Å²) in [5.41, 5.74) is 5.20. The lowest BCUT2D eigenvalue weighted by atomic mass is 10.1. The van der Waals surface area contributed by atoms with E-state index in [2.05, 4.69) is 5.32 Å². The molecule has 2 atom stereocenters. The fourth-order valence-corrected chi connectivity index (χ4v) is 0.864. The summed E-state index contributed by atoms with van der Waals surface area (Å²) in [4.78, 5) is 10.0. The van der Waals surface area contributed by atoms with Crippen molar-refractivity contribution >= 4 is 6.41 Å². The van der Waals surface area contributed by atoms with Gasteiger partial charge >= 0.3 is 0 Å². The lowest BCUT2D eigenvalue weighted by Gasteiger charge is -2.17. The van der Waals surface area contributed by atoms with Crippen molar-refractivity contribution in [1.82, 2.24) is 5.32 Å². The first-order valence-corrected chi connectivity index (χ1v) is 3.85. The molecule has 0 heterocycles. The highest BCUT2D eigenvalue weighted by atomic mass is 16.3. The molecule has 0 aromatic heterocycles. The molecular weight excluding hydrogens is 144 g/mol. The number of nitrogens with two attached hydrogens (primary N) is 1. The minimum absolute atomic E-state index is 0.299. The van der Waals surface area contributed by atoms with Crippen molar-refractivity contribution in [2.45, 2.75) is 38.5 Å². The standard InChI is InChI=1S/C7H16N2O2/c1-2-3-4-6(7(8)11)9-5-10/h5-7,11H,2-4,8H2,1H3,(H,9,10)/t6-,7?/m0/s1. The Morgan fingerprint density at radius 2 is 2.36 bits per heavy atom. The first-order valence-electron chi connectivity index (χ1n) is 3.85. The number of carbonyl (C=O) groups excluding carboxylic acids is 1.